The Bertz CT molecular complexity index is 850. The molecule has 1 saturated heterocycles. The van der Waals surface area contributed by atoms with Crippen LogP contribution in [0.3, 0.4) is 0 Å². The number of hydrogen-bond acceptors (Lipinski definition) is 3. The maximum atomic E-state index is 13.3. The SMILES string of the molecule is COCC(=O)N1CC[C@](Cc2ccccc2-c2ccccc2)(C(=O)NC(C)C)C1. The second-order valence-corrected chi connectivity index (χ2v) is 8.11. The fourth-order valence-electron chi connectivity index (χ4n) is 4.06. The molecule has 0 spiro atoms. The molecule has 1 heterocycles. The highest BCUT2D eigenvalue weighted by Gasteiger charge is 2.46. The zero-order valence-electron chi connectivity index (χ0n) is 17.5. The van der Waals surface area contributed by atoms with E-state index in [1.165, 1.54) is 7.11 Å². The first-order valence-corrected chi connectivity index (χ1v) is 10.2. The van der Waals surface area contributed by atoms with E-state index in [1.54, 1.807) is 4.90 Å². The van der Waals surface area contributed by atoms with Crippen LogP contribution in [0, 0.1) is 5.41 Å². The van der Waals surface area contributed by atoms with E-state index in [-0.39, 0.29) is 24.5 Å². The number of rotatable bonds is 7. The van der Waals surface area contributed by atoms with Gasteiger partial charge < -0.3 is 15.0 Å². The molecule has 0 aromatic heterocycles. The summed E-state index contributed by atoms with van der Waals surface area (Å²) in [6.45, 7) is 4.96. The number of nitrogens with one attached hydrogen (secondary N) is 1. The molecule has 1 aliphatic heterocycles. The molecule has 5 nitrogen and oxygen atoms in total. The lowest BCUT2D eigenvalue weighted by atomic mass is 9.78. The number of carbonyl (C=O) groups excluding carboxylic acids is 2. The van der Waals surface area contributed by atoms with E-state index in [9.17, 15) is 9.59 Å². The third-order valence-electron chi connectivity index (χ3n) is 5.51. The second kappa shape index (κ2) is 9.23. The number of nitrogens with zero attached hydrogens (tertiary/aromatic N) is 1. The molecule has 29 heavy (non-hydrogen) atoms. The summed E-state index contributed by atoms with van der Waals surface area (Å²) in [4.78, 5) is 27.4. The number of amides is 2. The van der Waals surface area contributed by atoms with Crippen molar-refractivity contribution in [2.45, 2.75) is 32.7 Å². The van der Waals surface area contributed by atoms with Crippen LogP contribution in [0.25, 0.3) is 11.1 Å². The minimum atomic E-state index is -0.640. The van der Waals surface area contributed by atoms with E-state index < -0.39 is 5.41 Å². The number of ether oxygens (including phenoxy) is 1. The van der Waals surface area contributed by atoms with Crippen molar-refractivity contribution in [1.82, 2.24) is 10.2 Å². The first-order valence-electron chi connectivity index (χ1n) is 10.2. The molecule has 0 unspecified atom stereocenters. The maximum absolute atomic E-state index is 13.3. The van der Waals surface area contributed by atoms with Crippen LogP contribution in [0.4, 0.5) is 0 Å². The zero-order chi connectivity index (χ0) is 20.9. The Kier molecular flexibility index (Phi) is 6.70. The van der Waals surface area contributed by atoms with E-state index in [0.29, 0.717) is 25.9 Å². The van der Waals surface area contributed by atoms with E-state index in [0.717, 1.165) is 16.7 Å². The first-order chi connectivity index (χ1) is 13.9. The van der Waals surface area contributed by atoms with Gasteiger partial charge in [-0.25, -0.2) is 0 Å². The molecular formula is C24H30N2O3. The van der Waals surface area contributed by atoms with Crippen molar-refractivity contribution in [3.05, 3.63) is 60.2 Å². The topological polar surface area (TPSA) is 58.6 Å². The lowest BCUT2D eigenvalue weighted by Crippen LogP contribution is -2.47. The lowest BCUT2D eigenvalue weighted by molar-refractivity contribution is -0.136. The Morgan fingerprint density at radius 1 is 1.10 bits per heavy atom. The Morgan fingerprint density at radius 2 is 1.79 bits per heavy atom. The van der Waals surface area contributed by atoms with Crippen LogP contribution in [0.2, 0.25) is 0 Å². The van der Waals surface area contributed by atoms with Crippen LogP contribution in [0.5, 0.6) is 0 Å². The fourth-order valence-corrected chi connectivity index (χ4v) is 4.06. The van der Waals surface area contributed by atoms with E-state index in [4.69, 9.17) is 4.74 Å². The molecule has 1 N–H and O–H groups in total. The summed E-state index contributed by atoms with van der Waals surface area (Å²) in [5.74, 6) is -0.0499. The van der Waals surface area contributed by atoms with Crippen LogP contribution >= 0.6 is 0 Å². The second-order valence-electron chi connectivity index (χ2n) is 8.11. The molecule has 0 saturated carbocycles. The van der Waals surface area contributed by atoms with Crippen molar-refractivity contribution in [2.75, 3.05) is 26.8 Å². The van der Waals surface area contributed by atoms with Gasteiger partial charge in [-0.1, -0.05) is 54.6 Å². The minimum absolute atomic E-state index is 0.0167. The first kappa shape index (κ1) is 21.1. The van der Waals surface area contributed by atoms with Crippen molar-refractivity contribution in [2.24, 2.45) is 5.41 Å². The number of carbonyl (C=O) groups is 2. The van der Waals surface area contributed by atoms with Crippen LogP contribution in [-0.4, -0.2) is 49.6 Å². The Labute approximate surface area is 173 Å². The summed E-state index contributed by atoms with van der Waals surface area (Å²) in [7, 11) is 1.52. The average molecular weight is 395 g/mol. The summed E-state index contributed by atoms with van der Waals surface area (Å²) in [5, 5.41) is 3.09. The Balaban J connectivity index is 1.93. The Morgan fingerprint density at radius 3 is 2.48 bits per heavy atom. The normalized spacial score (nSPS) is 18.8. The van der Waals surface area contributed by atoms with Crippen molar-refractivity contribution in [3.8, 4) is 11.1 Å². The van der Waals surface area contributed by atoms with Gasteiger partial charge in [0.05, 0.1) is 5.41 Å². The molecule has 0 bridgehead atoms. The average Bonchev–Trinajstić information content (AvgIpc) is 3.14. The maximum Gasteiger partial charge on any atom is 0.248 e. The predicted molar refractivity (Wildman–Crippen MR) is 114 cm³/mol. The van der Waals surface area contributed by atoms with Gasteiger partial charge in [-0.2, -0.15) is 0 Å². The molecule has 2 aromatic rings. The lowest BCUT2D eigenvalue weighted by Gasteiger charge is -2.30. The number of hydrogen-bond donors (Lipinski definition) is 1. The quantitative estimate of drug-likeness (QED) is 0.784. The summed E-state index contributed by atoms with van der Waals surface area (Å²) in [5.41, 5.74) is 2.75. The standard InChI is InChI=1S/C24H30N2O3/c1-18(2)25-23(28)24(13-14-26(17-24)22(27)16-29-3)15-20-11-7-8-12-21(20)19-9-5-4-6-10-19/h4-12,18H,13-17H2,1-3H3,(H,25,28)/t24-/m1/s1. The van der Waals surface area contributed by atoms with Gasteiger partial charge in [-0.15, -0.1) is 0 Å². The Hall–Kier alpha value is -2.66. The fraction of sp³-hybridized carbons (Fsp3) is 0.417. The molecule has 0 radical (unpaired) electrons. The van der Waals surface area contributed by atoms with Crippen LogP contribution in [0.1, 0.15) is 25.8 Å². The van der Waals surface area contributed by atoms with Crippen LogP contribution in [0.15, 0.2) is 54.6 Å². The molecule has 3 rings (SSSR count). The molecule has 154 valence electrons. The van der Waals surface area contributed by atoms with Gasteiger partial charge in [-0.05, 0) is 43.4 Å². The smallest absolute Gasteiger partial charge is 0.248 e. The molecule has 0 aliphatic carbocycles. The number of methoxy groups -OCH3 is 1. The highest BCUT2D eigenvalue weighted by atomic mass is 16.5. The van der Waals surface area contributed by atoms with Crippen LogP contribution < -0.4 is 5.32 Å². The minimum Gasteiger partial charge on any atom is -0.375 e. The molecule has 2 amide bonds. The number of benzene rings is 2. The molecule has 1 atom stereocenters. The van der Waals surface area contributed by atoms with Gasteiger partial charge in [0, 0.05) is 26.2 Å². The third kappa shape index (κ3) is 4.85. The summed E-state index contributed by atoms with van der Waals surface area (Å²) in [6.07, 6.45) is 1.23. The molecule has 1 fully saturated rings. The molecule has 2 aromatic carbocycles. The highest BCUT2D eigenvalue weighted by molar-refractivity contribution is 5.86. The van der Waals surface area contributed by atoms with Crippen molar-refractivity contribution < 1.29 is 14.3 Å². The van der Waals surface area contributed by atoms with Gasteiger partial charge in [0.1, 0.15) is 6.61 Å². The molecular weight excluding hydrogens is 364 g/mol. The zero-order valence-corrected chi connectivity index (χ0v) is 17.5. The third-order valence-corrected chi connectivity index (χ3v) is 5.51. The number of likely N-dealkylation sites (tertiary alicyclic amines) is 1. The summed E-state index contributed by atoms with van der Waals surface area (Å²) >= 11 is 0. The predicted octanol–water partition coefficient (Wildman–Crippen LogP) is 3.29. The molecule has 1 aliphatic rings. The van der Waals surface area contributed by atoms with Crippen LogP contribution in [-0.2, 0) is 20.7 Å². The van der Waals surface area contributed by atoms with Gasteiger partial charge >= 0.3 is 0 Å². The summed E-state index contributed by atoms with van der Waals surface area (Å²) in [6, 6.07) is 18.5. The summed E-state index contributed by atoms with van der Waals surface area (Å²) < 4.78 is 5.01. The van der Waals surface area contributed by atoms with E-state index in [1.807, 2.05) is 44.2 Å². The van der Waals surface area contributed by atoms with Gasteiger partial charge in [0.15, 0.2) is 0 Å². The van der Waals surface area contributed by atoms with Gasteiger partial charge in [0.2, 0.25) is 11.8 Å². The largest absolute Gasteiger partial charge is 0.375 e. The highest BCUT2D eigenvalue weighted by Crippen LogP contribution is 2.37. The monoisotopic (exact) mass is 394 g/mol. The van der Waals surface area contributed by atoms with Gasteiger partial charge in [-0.3, -0.25) is 9.59 Å². The molecule has 5 heteroatoms. The van der Waals surface area contributed by atoms with Crippen molar-refractivity contribution in [1.29, 1.82) is 0 Å². The van der Waals surface area contributed by atoms with Crippen molar-refractivity contribution >= 4 is 11.8 Å². The van der Waals surface area contributed by atoms with E-state index >= 15 is 0 Å². The van der Waals surface area contributed by atoms with E-state index in [2.05, 4.69) is 29.6 Å². The van der Waals surface area contributed by atoms with Gasteiger partial charge in [0.25, 0.3) is 0 Å². The van der Waals surface area contributed by atoms with Crippen molar-refractivity contribution in [3.63, 3.8) is 0 Å².